The highest BCUT2D eigenvalue weighted by Gasteiger charge is 2.31. The Labute approximate surface area is 189 Å². The number of aromatic nitrogens is 3. The minimum absolute atomic E-state index is 0.0406. The van der Waals surface area contributed by atoms with Crippen LogP contribution in [0.3, 0.4) is 0 Å². The number of hydrogen-bond acceptors (Lipinski definition) is 6. The highest BCUT2D eigenvalue weighted by Crippen LogP contribution is 2.32. The molecule has 2 saturated heterocycles. The lowest BCUT2D eigenvalue weighted by molar-refractivity contribution is -0.122. The second kappa shape index (κ2) is 10.4. The van der Waals surface area contributed by atoms with E-state index in [0.717, 1.165) is 25.5 Å². The van der Waals surface area contributed by atoms with Gasteiger partial charge < -0.3 is 19.7 Å². The Morgan fingerprint density at radius 2 is 1.81 bits per heavy atom. The number of nitrogens with zero attached hydrogens (tertiary/aromatic N) is 5. The third-order valence-corrected chi connectivity index (χ3v) is 7.39. The van der Waals surface area contributed by atoms with E-state index in [2.05, 4.69) is 38.2 Å². The van der Waals surface area contributed by atoms with Gasteiger partial charge >= 0.3 is 0 Å². The number of aryl methyl sites for hydroxylation is 2. The minimum Gasteiger partial charge on any atom is -0.483 e. The van der Waals surface area contributed by atoms with Crippen LogP contribution in [-0.4, -0.2) is 68.6 Å². The molecule has 174 valence electrons. The van der Waals surface area contributed by atoms with E-state index < -0.39 is 0 Å². The van der Waals surface area contributed by atoms with Gasteiger partial charge in [-0.1, -0.05) is 6.07 Å². The molecule has 8 heteroatoms. The first-order chi connectivity index (χ1) is 15.6. The maximum Gasteiger partial charge on any atom is 0.290 e. The zero-order valence-electron chi connectivity index (χ0n) is 19.0. The van der Waals surface area contributed by atoms with Crippen LogP contribution in [0.4, 0.5) is 5.69 Å². The number of likely N-dealkylation sites (tertiary alicyclic amines) is 1. The van der Waals surface area contributed by atoms with Gasteiger partial charge in [-0.05, 0) is 74.8 Å². The lowest BCUT2D eigenvalue weighted by Crippen LogP contribution is -2.48. The number of piperidine rings is 2. The molecule has 1 aliphatic carbocycles. The number of hydrogen-bond donors (Lipinski definition) is 2. The Morgan fingerprint density at radius 1 is 1.06 bits per heavy atom. The summed E-state index contributed by atoms with van der Waals surface area (Å²) in [4.78, 5) is 13.6. The van der Waals surface area contributed by atoms with Gasteiger partial charge in [-0.3, -0.25) is 9.69 Å². The van der Waals surface area contributed by atoms with Gasteiger partial charge in [-0.2, -0.15) is 0 Å². The van der Waals surface area contributed by atoms with Crippen LogP contribution in [0.15, 0.2) is 18.2 Å². The molecule has 2 N–H and O–H groups in total. The summed E-state index contributed by atoms with van der Waals surface area (Å²) in [6.45, 7) is 4.29. The number of aliphatic hydroxyl groups is 1. The molecule has 1 atom stereocenters. The predicted molar refractivity (Wildman–Crippen MR) is 123 cm³/mol. The van der Waals surface area contributed by atoms with E-state index in [1.807, 2.05) is 11.6 Å². The first kappa shape index (κ1) is 22.7. The van der Waals surface area contributed by atoms with Crippen LogP contribution in [0.25, 0.3) is 0 Å². The molecule has 0 saturated carbocycles. The van der Waals surface area contributed by atoms with Crippen LogP contribution in [0, 0.1) is 0 Å². The molecule has 0 spiro atoms. The summed E-state index contributed by atoms with van der Waals surface area (Å²) in [5.74, 6) is 2.13. The third-order valence-electron chi connectivity index (χ3n) is 7.39. The highest BCUT2D eigenvalue weighted by atomic mass is 16.3. The van der Waals surface area contributed by atoms with Gasteiger partial charge in [0.1, 0.15) is 12.4 Å². The number of rotatable bonds is 4. The van der Waals surface area contributed by atoms with Crippen LogP contribution in [0.5, 0.6) is 0 Å². The number of benzene rings is 1. The smallest absolute Gasteiger partial charge is 0.290 e. The first-order valence-electron chi connectivity index (χ1n) is 11.8. The van der Waals surface area contributed by atoms with Gasteiger partial charge in [0, 0.05) is 44.3 Å². The second-order valence-electron chi connectivity index (χ2n) is 9.16. The summed E-state index contributed by atoms with van der Waals surface area (Å²) >= 11 is 0. The van der Waals surface area contributed by atoms with Crippen LogP contribution < -0.4 is 4.90 Å². The Bertz CT molecular complexity index is 907. The third kappa shape index (κ3) is 4.81. The fourth-order valence-electron chi connectivity index (χ4n) is 5.66. The molecule has 32 heavy (non-hydrogen) atoms. The van der Waals surface area contributed by atoms with Gasteiger partial charge in [0.15, 0.2) is 5.82 Å². The van der Waals surface area contributed by atoms with Crippen LogP contribution in [0.1, 0.15) is 60.8 Å². The molecule has 1 unspecified atom stereocenters. The molecule has 0 bridgehead atoms. The molecule has 0 radical (unpaired) electrons. The minimum atomic E-state index is -0.250. The van der Waals surface area contributed by atoms with Crippen LogP contribution in [-0.2, 0) is 31.3 Å². The lowest BCUT2D eigenvalue weighted by atomic mass is 9.93. The van der Waals surface area contributed by atoms with Gasteiger partial charge in [-0.25, -0.2) is 0 Å². The summed E-state index contributed by atoms with van der Waals surface area (Å²) in [5, 5.41) is 24.8. The number of anilines is 1. The topological polar surface area (TPSA) is 94.7 Å². The number of carboxylic acid groups (broad SMARTS) is 1. The Hall–Kier alpha value is -2.45. The molecule has 2 fully saturated rings. The van der Waals surface area contributed by atoms with Crippen molar-refractivity contribution in [1.29, 1.82) is 0 Å². The average Bonchev–Trinajstić information content (AvgIpc) is 3.45. The van der Waals surface area contributed by atoms with E-state index in [0.29, 0.717) is 17.8 Å². The maximum absolute atomic E-state index is 9.42. The predicted octanol–water partition coefficient (Wildman–Crippen LogP) is 2.35. The molecule has 3 aliphatic rings. The van der Waals surface area contributed by atoms with Crippen molar-refractivity contribution in [3.63, 3.8) is 0 Å². The van der Waals surface area contributed by atoms with E-state index in [4.69, 9.17) is 9.90 Å². The van der Waals surface area contributed by atoms with Crippen LogP contribution >= 0.6 is 0 Å². The van der Waals surface area contributed by atoms with Crippen molar-refractivity contribution >= 4 is 12.2 Å². The van der Waals surface area contributed by atoms with E-state index >= 15 is 0 Å². The van der Waals surface area contributed by atoms with Gasteiger partial charge in [0.05, 0.1) is 0 Å². The van der Waals surface area contributed by atoms with E-state index in [1.165, 1.54) is 57.2 Å². The summed E-state index contributed by atoms with van der Waals surface area (Å²) in [6.07, 6.45) is 8.71. The largest absolute Gasteiger partial charge is 0.483 e. The van der Waals surface area contributed by atoms with Crippen molar-refractivity contribution in [3.8, 4) is 0 Å². The van der Waals surface area contributed by atoms with Gasteiger partial charge in [0.2, 0.25) is 0 Å². The quantitative estimate of drug-likeness (QED) is 0.703. The number of fused-ring (bicyclic) bond motifs is 1. The van der Waals surface area contributed by atoms with Gasteiger partial charge in [0.25, 0.3) is 6.47 Å². The van der Waals surface area contributed by atoms with Crippen molar-refractivity contribution in [2.24, 2.45) is 7.05 Å². The van der Waals surface area contributed by atoms with E-state index in [-0.39, 0.29) is 13.1 Å². The fourth-order valence-corrected chi connectivity index (χ4v) is 5.66. The van der Waals surface area contributed by atoms with Crippen molar-refractivity contribution in [2.75, 3.05) is 31.1 Å². The van der Waals surface area contributed by atoms with E-state index in [1.54, 1.807) is 11.1 Å². The summed E-state index contributed by atoms with van der Waals surface area (Å²) in [5.41, 5.74) is 4.57. The molecule has 2 aromatic rings. The number of aliphatic hydroxyl groups excluding tert-OH is 1. The molecule has 5 rings (SSSR count). The molecule has 2 aliphatic heterocycles. The molecule has 1 aromatic carbocycles. The molecule has 8 nitrogen and oxygen atoms in total. The molecule has 3 heterocycles. The highest BCUT2D eigenvalue weighted by molar-refractivity contribution is 5.52. The summed E-state index contributed by atoms with van der Waals surface area (Å²) in [6, 6.07) is 7.83. The van der Waals surface area contributed by atoms with Crippen molar-refractivity contribution < 1.29 is 15.0 Å². The zero-order chi connectivity index (χ0) is 22.5. The second-order valence-corrected chi connectivity index (χ2v) is 9.16. The van der Waals surface area contributed by atoms with Crippen molar-refractivity contribution in [1.82, 2.24) is 19.7 Å². The Morgan fingerprint density at radius 3 is 2.53 bits per heavy atom. The standard InChI is InChI=1S/C23H33N5O.CH2O2/c1-26-22(16-29)24-25-23(26)19-6-3-11-28(15-19)20-9-12-27(13-10-20)21-8-7-17-4-2-5-18(17)14-21;2-1-3/h7-8,14,19-20,29H,2-6,9-13,15-16H2,1H3;1H,(H,2,3). The summed E-state index contributed by atoms with van der Waals surface area (Å²) in [7, 11) is 1.98. The molecular weight excluding hydrogens is 406 g/mol. The molecule has 1 aromatic heterocycles. The Kier molecular flexibility index (Phi) is 7.42. The molecular formula is C24H35N5O3. The normalized spacial score (nSPS) is 21.7. The van der Waals surface area contributed by atoms with Crippen molar-refractivity contribution in [3.05, 3.63) is 41.0 Å². The average molecular weight is 442 g/mol. The maximum atomic E-state index is 9.42. The SMILES string of the molecule is Cn1c(CO)nnc1C1CCCN(C2CCN(c3ccc4c(c3)CCC4)CC2)C1.O=CO. The van der Waals surface area contributed by atoms with Crippen molar-refractivity contribution in [2.45, 2.75) is 63.5 Å². The van der Waals surface area contributed by atoms with Gasteiger partial charge in [-0.15, -0.1) is 10.2 Å². The fraction of sp³-hybridized carbons (Fsp3) is 0.625. The van der Waals surface area contributed by atoms with E-state index in [9.17, 15) is 5.11 Å². The Balaban J connectivity index is 0.000000775. The monoisotopic (exact) mass is 441 g/mol. The number of carbonyl (C=O) groups is 1. The first-order valence-corrected chi connectivity index (χ1v) is 11.8. The molecule has 0 amide bonds. The summed E-state index contributed by atoms with van der Waals surface area (Å²) < 4.78 is 1.99. The zero-order valence-corrected chi connectivity index (χ0v) is 19.0. The lowest BCUT2D eigenvalue weighted by Gasteiger charge is -2.42. The van der Waals surface area contributed by atoms with Crippen LogP contribution in [0.2, 0.25) is 0 Å².